The molecule has 0 saturated carbocycles. The SMILES string of the molecule is CC(O)NC(=O)c1ccccc1C(=O)O. The van der Waals surface area contributed by atoms with Gasteiger partial charge in [0.25, 0.3) is 5.91 Å². The fourth-order valence-corrected chi connectivity index (χ4v) is 1.14. The number of carbonyl (C=O) groups is 2. The van der Waals surface area contributed by atoms with Crippen molar-refractivity contribution >= 4 is 11.9 Å². The number of rotatable bonds is 3. The van der Waals surface area contributed by atoms with Crippen LogP contribution in [0.2, 0.25) is 0 Å². The first kappa shape index (κ1) is 11.2. The highest BCUT2D eigenvalue weighted by Crippen LogP contribution is 2.08. The van der Waals surface area contributed by atoms with Crippen LogP contribution < -0.4 is 5.32 Å². The molecule has 1 aromatic carbocycles. The van der Waals surface area contributed by atoms with Crippen molar-refractivity contribution < 1.29 is 19.8 Å². The zero-order valence-corrected chi connectivity index (χ0v) is 8.10. The molecule has 3 N–H and O–H groups in total. The summed E-state index contributed by atoms with van der Waals surface area (Å²) in [6.07, 6.45) is -1.01. The third-order valence-corrected chi connectivity index (χ3v) is 1.74. The van der Waals surface area contributed by atoms with Crippen LogP contribution in [0, 0.1) is 0 Å². The van der Waals surface area contributed by atoms with Gasteiger partial charge in [-0.3, -0.25) is 4.79 Å². The summed E-state index contributed by atoms with van der Waals surface area (Å²) < 4.78 is 0. The second kappa shape index (κ2) is 4.56. The molecule has 80 valence electrons. The van der Waals surface area contributed by atoms with Crippen LogP contribution in [0.3, 0.4) is 0 Å². The molecule has 0 saturated heterocycles. The molecule has 0 heterocycles. The predicted molar refractivity (Wildman–Crippen MR) is 52.5 cm³/mol. The molecule has 1 amide bonds. The van der Waals surface area contributed by atoms with Gasteiger partial charge in [-0.05, 0) is 19.1 Å². The number of aliphatic hydroxyl groups is 1. The van der Waals surface area contributed by atoms with E-state index in [1.807, 2.05) is 0 Å². The first-order chi connectivity index (χ1) is 7.02. The minimum Gasteiger partial charge on any atom is -0.478 e. The molecule has 0 spiro atoms. The van der Waals surface area contributed by atoms with E-state index < -0.39 is 18.1 Å². The van der Waals surface area contributed by atoms with Gasteiger partial charge in [-0.15, -0.1) is 0 Å². The average molecular weight is 209 g/mol. The second-order valence-corrected chi connectivity index (χ2v) is 3.00. The molecular formula is C10H11NO4. The van der Waals surface area contributed by atoms with E-state index in [1.54, 1.807) is 6.07 Å². The summed E-state index contributed by atoms with van der Waals surface area (Å²) >= 11 is 0. The Bertz CT molecular complexity index is 387. The van der Waals surface area contributed by atoms with Gasteiger partial charge in [0.1, 0.15) is 6.23 Å². The topological polar surface area (TPSA) is 86.6 Å². The van der Waals surface area contributed by atoms with E-state index in [0.717, 1.165) is 0 Å². The van der Waals surface area contributed by atoms with Gasteiger partial charge in [-0.25, -0.2) is 4.79 Å². The van der Waals surface area contributed by atoms with E-state index >= 15 is 0 Å². The van der Waals surface area contributed by atoms with Crippen LogP contribution in [0.15, 0.2) is 24.3 Å². The monoisotopic (exact) mass is 209 g/mol. The van der Waals surface area contributed by atoms with Gasteiger partial charge in [0, 0.05) is 0 Å². The summed E-state index contributed by atoms with van der Waals surface area (Å²) in [6.45, 7) is 1.38. The summed E-state index contributed by atoms with van der Waals surface area (Å²) in [5, 5.41) is 19.9. The maximum atomic E-state index is 11.4. The molecule has 5 nitrogen and oxygen atoms in total. The van der Waals surface area contributed by atoms with E-state index in [4.69, 9.17) is 10.2 Å². The van der Waals surface area contributed by atoms with E-state index in [2.05, 4.69) is 5.32 Å². The maximum absolute atomic E-state index is 11.4. The van der Waals surface area contributed by atoms with E-state index in [0.29, 0.717) is 0 Å². The van der Waals surface area contributed by atoms with Crippen LogP contribution in [0.4, 0.5) is 0 Å². The standard InChI is InChI=1S/C10H11NO4/c1-6(12)11-9(13)7-4-2-3-5-8(7)10(14)15/h2-6,12H,1H3,(H,11,13)(H,14,15). The first-order valence-corrected chi connectivity index (χ1v) is 4.33. The highest BCUT2D eigenvalue weighted by Gasteiger charge is 2.16. The van der Waals surface area contributed by atoms with Crippen LogP contribution in [-0.2, 0) is 0 Å². The molecule has 0 aliphatic rings. The van der Waals surface area contributed by atoms with Gasteiger partial charge in [0.05, 0.1) is 11.1 Å². The third kappa shape index (κ3) is 2.78. The minimum atomic E-state index is -1.17. The summed E-state index contributed by atoms with van der Waals surface area (Å²) in [5.74, 6) is -1.78. The quantitative estimate of drug-likeness (QED) is 0.631. The van der Waals surface area contributed by atoms with Crippen molar-refractivity contribution in [1.29, 1.82) is 0 Å². The van der Waals surface area contributed by atoms with Crippen molar-refractivity contribution in [2.45, 2.75) is 13.2 Å². The van der Waals surface area contributed by atoms with Crippen LogP contribution >= 0.6 is 0 Å². The first-order valence-electron chi connectivity index (χ1n) is 4.33. The number of amides is 1. The molecule has 1 aromatic rings. The van der Waals surface area contributed by atoms with Crippen molar-refractivity contribution in [1.82, 2.24) is 5.32 Å². The number of aliphatic hydroxyl groups excluding tert-OH is 1. The summed E-state index contributed by atoms with van der Waals surface area (Å²) in [5.41, 5.74) is -0.0541. The van der Waals surface area contributed by atoms with Crippen LogP contribution in [-0.4, -0.2) is 28.3 Å². The number of aromatic carboxylic acids is 1. The fraction of sp³-hybridized carbons (Fsp3) is 0.200. The van der Waals surface area contributed by atoms with Crippen molar-refractivity contribution in [2.24, 2.45) is 0 Å². The predicted octanol–water partition coefficient (Wildman–Crippen LogP) is 0.453. The molecule has 15 heavy (non-hydrogen) atoms. The number of hydrogen-bond acceptors (Lipinski definition) is 3. The van der Waals surface area contributed by atoms with Crippen LogP contribution in [0.25, 0.3) is 0 Å². The van der Waals surface area contributed by atoms with Gasteiger partial charge in [0.15, 0.2) is 0 Å². The lowest BCUT2D eigenvalue weighted by molar-refractivity contribution is 0.0684. The smallest absolute Gasteiger partial charge is 0.336 e. The number of hydrogen-bond donors (Lipinski definition) is 3. The number of nitrogens with one attached hydrogen (secondary N) is 1. The van der Waals surface area contributed by atoms with Crippen molar-refractivity contribution in [3.05, 3.63) is 35.4 Å². The lowest BCUT2D eigenvalue weighted by Gasteiger charge is -2.09. The second-order valence-electron chi connectivity index (χ2n) is 3.00. The fourth-order valence-electron chi connectivity index (χ4n) is 1.14. The Kier molecular flexibility index (Phi) is 3.41. The maximum Gasteiger partial charge on any atom is 0.336 e. The Morgan fingerprint density at radius 2 is 1.80 bits per heavy atom. The molecule has 5 heteroatoms. The Morgan fingerprint density at radius 1 is 1.27 bits per heavy atom. The highest BCUT2D eigenvalue weighted by atomic mass is 16.4. The lowest BCUT2D eigenvalue weighted by atomic mass is 10.1. The number of benzene rings is 1. The number of carbonyl (C=O) groups excluding carboxylic acids is 1. The van der Waals surface area contributed by atoms with Crippen LogP contribution in [0.1, 0.15) is 27.6 Å². The summed E-state index contributed by atoms with van der Waals surface area (Å²) in [7, 11) is 0. The van der Waals surface area contributed by atoms with Gasteiger partial charge < -0.3 is 15.5 Å². The summed E-state index contributed by atoms with van der Waals surface area (Å²) in [4.78, 5) is 22.2. The van der Waals surface area contributed by atoms with Crippen molar-refractivity contribution in [2.75, 3.05) is 0 Å². The van der Waals surface area contributed by atoms with E-state index in [1.165, 1.54) is 25.1 Å². The Hall–Kier alpha value is -1.88. The number of carboxylic acid groups (broad SMARTS) is 1. The van der Waals surface area contributed by atoms with Gasteiger partial charge >= 0.3 is 5.97 Å². The molecule has 1 rings (SSSR count). The molecule has 0 radical (unpaired) electrons. The zero-order valence-electron chi connectivity index (χ0n) is 8.10. The Balaban J connectivity index is 3.03. The molecule has 1 unspecified atom stereocenters. The van der Waals surface area contributed by atoms with Crippen molar-refractivity contribution in [3.8, 4) is 0 Å². The third-order valence-electron chi connectivity index (χ3n) is 1.74. The molecule has 0 fully saturated rings. The largest absolute Gasteiger partial charge is 0.478 e. The Morgan fingerprint density at radius 3 is 2.27 bits per heavy atom. The molecule has 0 aliphatic carbocycles. The lowest BCUT2D eigenvalue weighted by Crippen LogP contribution is -2.33. The number of carboxylic acids is 1. The summed E-state index contributed by atoms with van der Waals surface area (Å²) in [6, 6.07) is 5.81. The molecule has 1 atom stereocenters. The molecule has 0 aromatic heterocycles. The highest BCUT2D eigenvalue weighted by molar-refractivity contribution is 6.04. The van der Waals surface area contributed by atoms with E-state index in [-0.39, 0.29) is 11.1 Å². The molecule has 0 bridgehead atoms. The molecule has 0 aliphatic heterocycles. The van der Waals surface area contributed by atoms with Gasteiger partial charge in [-0.1, -0.05) is 12.1 Å². The van der Waals surface area contributed by atoms with Crippen molar-refractivity contribution in [3.63, 3.8) is 0 Å². The molecular weight excluding hydrogens is 198 g/mol. The minimum absolute atomic E-state index is 0.0332. The normalized spacial score (nSPS) is 11.9. The van der Waals surface area contributed by atoms with Crippen LogP contribution in [0.5, 0.6) is 0 Å². The average Bonchev–Trinajstić information content (AvgIpc) is 2.16. The van der Waals surface area contributed by atoms with Gasteiger partial charge in [0.2, 0.25) is 0 Å². The van der Waals surface area contributed by atoms with Gasteiger partial charge in [-0.2, -0.15) is 0 Å². The van der Waals surface area contributed by atoms with E-state index in [9.17, 15) is 9.59 Å². The Labute approximate surface area is 86.4 Å². The zero-order chi connectivity index (χ0) is 11.4.